The van der Waals surface area contributed by atoms with Crippen LogP contribution in [0.3, 0.4) is 0 Å². The monoisotopic (exact) mass is 318 g/mol. The SMILES string of the molecule is CCC1(C(=O)Nc2ccc(OC)c(Cl)c2)CCCN1.Cl. The maximum Gasteiger partial charge on any atom is 0.244 e. The molecule has 1 aliphatic heterocycles. The maximum absolute atomic E-state index is 12.4. The summed E-state index contributed by atoms with van der Waals surface area (Å²) in [5.41, 5.74) is 0.254. The lowest BCUT2D eigenvalue weighted by atomic mass is 9.93. The largest absolute Gasteiger partial charge is 0.495 e. The number of amides is 1. The highest BCUT2D eigenvalue weighted by molar-refractivity contribution is 6.32. The van der Waals surface area contributed by atoms with Crippen molar-refractivity contribution in [3.63, 3.8) is 0 Å². The predicted octanol–water partition coefficient (Wildman–Crippen LogP) is 3.24. The van der Waals surface area contributed by atoms with E-state index in [4.69, 9.17) is 16.3 Å². The first-order valence-electron chi connectivity index (χ1n) is 6.51. The van der Waals surface area contributed by atoms with Crippen molar-refractivity contribution in [1.82, 2.24) is 5.32 Å². The average molecular weight is 319 g/mol. The van der Waals surface area contributed by atoms with Crippen molar-refractivity contribution in [1.29, 1.82) is 0 Å². The quantitative estimate of drug-likeness (QED) is 0.896. The van der Waals surface area contributed by atoms with Gasteiger partial charge in [-0.15, -0.1) is 12.4 Å². The molecule has 20 heavy (non-hydrogen) atoms. The molecule has 6 heteroatoms. The van der Waals surface area contributed by atoms with Gasteiger partial charge in [-0.2, -0.15) is 0 Å². The molecular weight excluding hydrogens is 299 g/mol. The molecule has 0 bridgehead atoms. The molecule has 1 atom stereocenters. The number of nitrogens with one attached hydrogen (secondary N) is 2. The summed E-state index contributed by atoms with van der Waals surface area (Å²) in [6.07, 6.45) is 2.69. The van der Waals surface area contributed by atoms with Crippen LogP contribution >= 0.6 is 24.0 Å². The number of anilines is 1. The zero-order valence-corrected chi connectivity index (χ0v) is 13.2. The molecule has 0 radical (unpaired) electrons. The molecule has 2 rings (SSSR count). The van der Waals surface area contributed by atoms with Gasteiger partial charge in [0.15, 0.2) is 0 Å². The van der Waals surface area contributed by atoms with Crippen LogP contribution in [0.1, 0.15) is 26.2 Å². The summed E-state index contributed by atoms with van der Waals surface area (Å²) in [7, 11) is 1.56. The Hall–Kier alpha value is -0.970. The number of ether oxygens (including phenoxy) is 1. The topological polar surface area (TPSA) is 50.4 Å². The smallest absolute Gasteiger partial charge is 0.244 e. The van der Waals surface area contributed by atoms with Crippen LogP contribution in [0.15, 0.2) is 18.2 Å². The zero-order valence-electron chi connectivity index (χ0n) is 11.7. The number of hydrogen-bond donors (Lipinski definition) is 2. The van der Waals surface area contributed by atoms with Crippen LogP contribution in [-0.4, -0.2) is 25.1 Å². The van der Waals surface area contributed by atoms with Crippen molar-refractivity contribution in [2.75, 3.05) is 19.0 Å². The zero-order chi connectivity index (χ0) is 13.9. The van der Waals surface area contributed by atoms with Crippen LogP contribution in [0.2, 0.25) is 5.02 Å². The van der Waals surface area contributed by atoms with Gasteiger partial charge in [0, 0.05) is 5.69 Å². The Labute approximate surface area is 130 Å². The Balaban J connectivity index is 0.00000200. The van der Waals surface area contributed by atoms with E-state index >= 15 is 0 Å². The number of carbonyl (C=O) groups is 1. The second-order valence-electron chi connectivity index (χ2n) is 4.77. The Morgan fingerprint density at radius 2 is 2.30 bits per heavy atom. The fraction of sp³-hybridized carbons (Fsp3) is 0.500. The van der Waals surface area contributed by atoms with E-state index in [2.05, 4.69) is 10.6 Å². The highest BCUT2D eigenvalue weighted by atomic mass is 35.5. The molecule has 1 aromatic carbocycles. The van der Waals surface area contributed by atoms with Crippen molar-refractivity contribution < 1.29 is 9.53 Å². The molecule has 1 aliphatic rings. The number of hydrogen-bond acceptors (Lipinski definition) is 3. The number of halogens is 2. The third kappa shape index (κ3) is 3.37. The third-order valence-electron chi connectivity index (χ3n) is 3.69. The van der Waals surface area contributed by atoms with Crippen molar-refractivity contribution in [3.8, 4) is 5.75 Å². The van der Waals surface area contributed by atoms with Gasteiger partial charge in [-0.25, -0.2) is 0 Å². The third-order valence-corrected chi connectivity index (χ3v) is 3.99. The van der Waals surface area contributed by atoms with Crippen molar-refractivity contribution >= 4 is 35.6 Å². The maximum atomic E-state index is 12.4. The number of benzene rings is 1. The van der Waals surface area contributed by atoms with Crippen LogP contribution in [0, 0.1) is 0 Å². The number of methoxy groups -OCH3 is 1. The molecular formula is C14H20Cl2N2O2. The first-order valence-corrected chi connectivity index (χ1v) is 6.89. The number of carbonyl (C=O) groups excluding carboxylic acids is 1. The van der Waals surface area contributed by atoms with Gasteiger partial charge in [-0.1, -0.05) is 18.5 Å². The molecule has 0 saturated carbocycles. The molecule has 1 aromatic rings. The van der Waals surface area contributed by atoms with E-state index in [9.17, 15) is 4.79 Å². The van der Waals surface area contributed by atoms with Gasteiger partial charge in [0.2, 0.25) is 5.91 Å². The van der Waals surface area contributed by atoms with E-state index in [1.807, 2.05) is 6.92 Å². The summed E-state index contributed by atoms with van der Waals surface area (Å²) in [5.74, 6) is 0.609. The minimum Gasteiger partial charge on any atom is -0.495 e. The summed E-state index contributed by atoms with van der Waals surface area (Å²) in [4.78, 5) is 12.4. The lowest BCUT2D eigenvalue weighted by Crippen LogP contribution is -2.50. The molecule has 1 fully saturated rings. The van der Waals surface area contributed by atoms with Crippen LogP contribution in [0.4, 0.5) is 5.69 Å². The van der Waals surface area contributed by atoms with Crippen LogP contribution in [-0.2, 0) is 4.79 Å². The second kappa shape index (κ2) is 7.16. The molecule has 112 valence electrons. The Bertz CT molecular complexity index is 474. The standard InChI is InChI=1S/C14H19ClN2O2.ClH/c1-3-14(7-4-8-16-14)13(18)17-10-5-6-12(19-2)11(15)9-10;/h5-6,9,16H,3-4,7-8H2,1-2H3,(H,17,18);1H. The Kier molecular flexibility index (Phi) is 6.11. The van der Waals surface area contributed by atoms with Gasteiger partial charge in [-0.05, 0) is 44.0 Å². The van der Waals surface area contributed by atoms with E-state index < -0.39 is 5.54 Å². The van der Waals surface area contributed by atoms with E-state index in [1.165, 1.54) is 0 Å². The average Bonchev–Trinajstić information content (AvgIpc) is 2.89. The first kappa shape index (κ1) is 17.1. The van der Waals surface area contributed by atoms with Gasteiger partial charge < -0.3 is 15.4 Å². The van der Waals surface area contributed by atoms with E-state index in [0.29, 0.717) is 16.5 Å². The minimum absolute atomic E-state index is 0. The minimum atomic E-state index is -0.438. The van der Waals surface area contributed by atoms with Crippen molar-refractivity contribution in [3.05, 3.63) is 23.2 Å². The number of rotatable bonds is 4. The van der Waals surface area contributed by atoms with E-state index in [-0.39, 0.29) is 18.3 Å². The van der Waals surface area contributed by atoms with Crippen molar-refractivity contribution in [2.24, 2.45) is 0 Å². The summed E-state index contributed by atoms with van der Waals surface area (Å²) in [6.45, 7) is 2.92. The molecule has 1 unspecified atom stereocenters. The predicted molar refractivity (Wildman–Crippen MR) is 84.1 cm³/mol. The molecule has 1 saturated heterocycles. The van der Waals surface area contributed by atoms with Crippen LogP contribution < -0.4 is 15.4 Å². The molecule has 0 spiro atoms. The van der Waals surface area contributed by atoms with Crippen LogP contribution in [0.5, 0.6) is 5.75 Å². The summed E-state index contributed by atoms with van der Waals surface area (Å²) >= 11 is 6.05. The van der Waals surface area contributed by atoms with Gasteiger partial charge in [0.25, 0.3) is 0 Å². The highest BCUT2D eigenvalue weighted by Crippen LogP contribution is 2.29. The molecule has 0 aromatic heterocycles. The molecule has 4 nitrogen and oxygen atoms in total. The molecule has 2 N–H and O–H groups in total. The Morgan fingerprint density at radius 1 is 1.55 bits per heavy atom. The summed E-state index contributed by atoms with van der Waals surface area (Å²) in [5, 5.41) is 6.72. The summed E-state index contributed by atoms with van der Waals surface area (Å²) < 4.78 is 5.09. The fourth-order valence-electron chi connectivity index (χ4n) is 2.46. The van der Waals surface area contributed by atoms with E-state index in [1.54, 1.807) is 25.3 Å². The van der Waals surface area contributed by atoms with Crippen molar-refractivity contribution in [2.45, 2.75) is 31.7 Å². The lowest BCUT2D eigenvalue weighted by Gasteiger charge is -2.26. The van der Waals surface area contributed by atoms with Gasteiger partial charge in [-0.3, -0.25) is 4.79 Å². The summed E-state index contributed by atoms with van der Waals surface area (Å²) in [6, 6.07) is 5.25. The second-order valence-corrected chi connectivity index (χ2v) is 5.18. The molecule has 0 aliphatic carbocycles. The first-order chi connectivity index (χ1) is 9.11. The van der Waals surface area contributed by atoms with Gasteiger partial charge in [0.05, 0.1) is 17.7 Å². The lowest BCUT2D eigenvalue weighted by molar-refractivity contribution is -0.122. The highest BCUT2D eigenvalue weighted by Gasteiger charge is 2.39. The van der Waals surface area contributed by atoms with Gasteiger partial charge >= 0.3 is 0 Å². The Morgan fingerprint density at radius 3 is 2.80 bits per heavy atom. The molecule has 1 amide bonds. The van der Waals surface area contributed by atoms with Crippen LogP contribution in [0.25, 0.3) is 0 Å². The normalized spacial score (nSPS) is 21.1. The molecule has 1 heterocycles. The van der Waals surface area contributed by atoms with Gasteiger partial charge in [0.1, 0.15) is 5.75 Å². The fourth-order valence-corrected chi connectivity index (χ4v) is 2.71. The van der Waals surface area contributed by atoms with E-state index in [0.717, 1.165) is 25.8 Å².